The van der Waals surface area contributed by atoms with Crippen LogP contribution in [-0.4, -0.2) is 72.9 Å². The molecule has 0 saturated carbocycles. The first-order valence-corrected chi connectivity index (χ1v) is 19.0. The van der Waals surface area contributed by atoms with Gasteiger partial charge < -0.3 is 34.4 Å². The smallest absolute Gasteiger partial charge is 0.444 e. The van der Waals surface area contributed by atoms with Crippen molar-refractivity contribution in [2.45, 2.75) is 111 Å². The number of nitrogens with one attached hydrogen (secondary N) is 2. The van der Waals surface area contributed by atoms with Crippen LogP contribution in [0.2, 0.25) is 0 Å². The van der Waals surface area contributed by atoms with Gasteiger partial charge in [0.1, 0.15) is 34.8 Å². The van der Waals surface area contributed by atoms with Crippen LogP contribution in [0.1, 0.15) is 87.4 Å². The van der Waals surface area contributed by atoms with Crippen LogP contribution in [0.4, 0.5) is 4.79 Å². The fourth-order valence-electron chi connectivity index (χ4n) is 5.92. The molecule has 4 rings (SSSR count). The molecule has 0 radical (unpaired) electrons. The largest absolute Gasteiger partial charge is 0.453 e. The fraction of sp³-hybridized carbons (Fsp3) is 0.541. The number of amides is 3. The Bertz CT molecular complexity index is 1680. The maximum absolute atomic E-state index is 14.9. The first-order valence-electron chi connectivity index (χ1n) is 17.4. The molecule has 0 aliphatic carbocycles. The number of rotatable bonds is 12. The number of alkyl carbamates (subject to hydrolysis) is 1. The van der Waals surface area contributed by atoms with E-state index in [0.717, 1.165) is 0 Å². The minimum Gasteiger partial charge on any atom is -0.444 e. The lowest BCUT2D eigenvalue weighted by atomic mass is 9.85. The molecule has 0 spiro atoms. The predicted octanol–water partition coefficient (Wildman–Crippen LogP) is 6.04. The Kier molecular flexibility index (Phi) is 12.2. The number of nitrogens with zero attached hydrogens (tertiary/aromatic N) is 4. The minimum absolute atomic E-state index is 0.00300. The monoisotopic (exact) mass is 740 g/mol. The van der Waals surface area contributed by atoms with Gasteiger partial charge in [0, 0.05) is 13.0 Å². The molecular formula is C37H53N6O8P. The summed E-state index contributed by atoms with van der Waals surface area (Å²) in [4.78, 5) is 43.5. The summed E-state index contributed by atoms with van der Waals surface area (Å²) in [5, 5.41) is 24.8. The number of benzene rings is 2. The van der Waals surface area contributed by atoms with Crippen molar-refractivity contribution in [2.24, 2.45) is 11.3 Å². The van der Waals surface area contributed by atoms with Crippen molar-refractivity contribution in [3.8, 4) is 11.5 Å². The maximum Gasteiger partial charge on any atom is 0.453 e. The van der Waals surface area contributed by atoms with Gasteiger partial charge in [0.05, 0.1) is 17.9 Å². The van der Waals surface area contributed by atoms with Crippen molar-refractivity contribution in [2.75, 3.05) is 6.54 Å². The SMILES string of the molecule is CC(C)C(NC(=O)[C@@H]1C[C@@H](n2nncc2C(C)(C)O)CN1C(=O)[C@@H](NC(=O)OC(C)(C)C)C(C)(C)C)P(=O)(Oc1ccccc1)Oc1ccccc1. The molecule has 1 aliphatic rings. The molecule has 3 amide bonds. The molecular weight excluding hydrogens is 687 g/mol. The molecule has 4 atom stereocenters. The van der Waals surface area contributed by atoms with E-state index >= 15 is 0 Å². The summed E-state index contributed by atoms with van der Waals surface area (Å²) in [7, 11) is -4.21. The first-order chi connectivity index (χ1) is 24.1. The number of hydrogen-bond donors (Lipinski definition) is 3. The van der Waals surface area contributed by atoms with Gasteiger partial charge in [-0.3, -0.25) is 9.59 Å². The summed E-state index contributed by atoms with van der Waals surface area (Å²) in [6.45, 7) is 17.3. The lowest BCUT2D eigenvalue weighted by Gasteiger charge is -2.36. The fourth-order valence-corrected chi connectivity index (χ4v) is 8.03. The number of ether oxygens (including phenoxy) is 1. The van der Waals surface area contributed by atoms with E-state index in [9.17, 15) is 24.1 Å². The molecule has 2 aromatic carbocycles. The van der Waals surface area contributed by atoms with Crippen molar-refractivity contribution in [1.29, 1.82) is 0 Å². The topological polar surface area (TPSA) is 174 Å². The zero-order valence-electron chi connectivity index (χ0n) is 31.7. The van der Waals surface area contributed by atoms with Gasteiger partial charge in [-0.25, -0.2) is 14.0 Å². The van der Waals surface area contributed by atoms with E-state index in [1.165, 1.54) is 15.8 Å². The number of para-hydroxylation sites is 2. The number of carbonyl (C=O) groups excluding carboxylic acids is 3. The summed E-state index contributed by atoms with van der Waals surface area (Å²) in [6, 6.07) is 14.3. The Labute approximate surface area is 306 Å². The van der Waals surface area contributed by atoms with Crippen LogP contribution < -0.4 is 19.7 Å². The molecule has 1 aromatic heterocycles. The molecule has 2 heterocycles. The van der Waals surface area contributed by atoms with E-state index in [2.05, 4.69) is 20.9 Å². The number of hydrogen-bond acceptors (Lipinski definition) is 10. The molecule has 52 heavy (non-hydrogen) atoms. The molecule has 284 valence electrons. The lowest BCUT2D eigenvalue weighted by molar-refractivity contribution is -0.142. The third-order valence-electron chi connectivity index (χ3n) is 8.40. The first kappa shape index (κ1) is 40.4. The summed E-state index contributed by atoms with van der Waals surface area (Å²) >= 11 is 0. The number of carbonyl (C=O) groups is 3. The number of aliphatic hydroxyl groups is 1. The van der Waals surface area contributed by atoms with Crippen molar-refractivity contribution in [3.63, 3.8) is 0 Å². The molecule has 1 unspecified atom stereocenters. The van der Waals surface area contributed by atoms with Crippen LogP contribution in [0, 0.1) is 11.3 Å². The number of likely N-dealkylation sites (tertiary alicyclic amines) is 1. The second-order valence-electron chi connectivity index (χ2n) is 16.0. The van der Waals surface area contributed by atoms with E-state index < -0.39 is 71.9 Å². The maximum atomic E-state index is 14.9. The Morgan fingerprint density at radius 1 is 0.885 bits per heavy atom. The highest BCUT2D eigenvalue weighted by Crippen LogP contribution is 2.54. The second-order valence-corrected chi connectivity index (χ2v) is 18.0. The Hall–Kier alpha value is -4.42. The van der Waals surface area contributed by atoms with E-state index in [1.54, 1.807) is 130 Å². The summed E-state index contributed by atoms with van der Waals surface area (Å²) < 4.78 is 34.1. The normalized spacial score (nSPS) is 18.0. The van der Waals surface area contributed by atoms with Gasteiger partial charge in [-0.15, -0.1) is 5.10 Å². The highest BCUT2D eigenvalue weighted by atomic mass is 31.2. The molecule has 1 fully saturated rings. The van der Waals surface area contributed by atoms with Crippen molar-refractivity contribution in [1.82, 2.24) is 30.5 Å². The van der Waals surface area contributed by atoms with Crippen molar-refractivity contribution >= 4 is 25.5 Å². The van der Waals surface area contributed by atoms with Crippen molar-refractivity contribution in [3.05, 3.63) is 72.6 Å². The zero-order valence-corrected chi connectivity index (χ0v) is 32.6. The standard InChI is InChI=1S/C37H53N6O8P/c1-24(2)32(52(48,50-26-17-13-11-14-18-26)51-27-19-15-12-16-20-27)40-31(44)28-21-25(43-29(22-38-41-43)37(9,10)47)23-42(28)33(45)30(35(3,4)5)39-34(46)49-36(6,7)8/h11-20,22,24-25,28,30,32,47H,21,23H2,1-10H3,(H,39,46)(H,40,44)/t25-,28+,30-,32?/m1/s1. The van der Waals surface area contributed by atoms with Crippen LogP contribution >= 0.6 is 7.60 Å². The van der Waals surface area contributed by atoms with Gasteiger partial charge in [-0.1, -0.05) is 76.2 Å². The molecule has 14 nitrogen and oxygen atoms in total. The molecule has 3 aromatic rings. The molecule has 1 aliphatic heterocycles. The van der Waals surface area contributed by atoms with Gasteiger partial charge in [0.15, 0.2) is 5.78 Å². The zero-order chi connectivity index (χ0) is 38.6. The van der Waals surface area contributed by atoms with Crippen LogP contribution in [0.15, 0.2) is 66.9 Å². The molecule has 3 N–H and O–H groups in total. The lowest BCUT2D eigenvalue weighted by Crippen LogP contribution is -2.59. The summed E-state index contributed by atoms with van der Waals surface area (Å²) in [5.74, 6) is -2.20. The highest BCUT2D eigenvalue weighted by Gasteiger charge is 2.49. The molecule has 15 heteroatoms. The third kappa shape index (κ3) is 10.1. The highest BCUT2D eigenvalue weighted by molar-refractivity contribution is 7.55. The third-order valence-corrected chi connectivity index (χ3v) is 10.7. The Morgan fingerprint density at radius 3 is 1.88 bits per heavy atom. The average molecular weight is 741 g/mol. The van der Waals surface area contributed by atoms with Crippen LogP contribution in [0.3, 0.4) is 0 Å². The Balaban J connectivity index is 1.74. The van der Waals surface area contributed by atoms with Gasteiger partial charge in [-0.05, 0) is 70.2 Å². The quantitative estimate of drug-likeness (QED) is 0.186. The van der Waals surface area contributed by atoms with Crippen LogP contribution in [-0.2, 0) is 24.5 Å². The minimum atomic E-state index is -4.21. The molecule has 1 saturated heterocycles. The number of aromatic nitrogens is 3. The van der Waals surface area contributed by atoms with Gasteiger partial charge >= 0.3 is 13.7 Å². The van der Waals surface area contributed by atoms with Gasteiger partial charge in [-0.2, -0.15) is 0 Å². The Morgan fingerprint density at radius 2 is 1.42 bits per heavy atom. The van der Waals surface area contributed by atoms with E-state index in [-0.39, 0.29) is 24.5 Å². The van der Waals surface area contributed by atoms with E-state index in [1.807, 2.05) is 0 Å². The molecule has 0 bridgehead atoms. The van der Waals surface area contributed by atoms with Gasteiger partial charge in [0.2, 0.25) is 11.8 Å². The summed E-state index contributed by atoms with van der Waals surface area (Å²) in [5.41, 5.74) is -2.56. The van der Waals surface area contributed by atoms with Crippen LogP contribution in [0.25, 0.3) is 0 Å². The average Bonchev–Trinajstić information content (AvgIpc) is 3.70. The van der Waals surface area contributed by atoms with E-state index in [0.29, 0.717) is 5.69 Å². The van der Waals surface area contributed by atoms with E-state index in [4.69, 9.17) is 13.8 Å². The second kappa shape index (κ2) is 15.7. The van der Waals surface area contributed by atoms with Crippen molar-refractivity contribution < 1.29 is 37.8 Å². The van der Waals surface area contributed by atoms with Gasteiger partial charge in [0.25, 0.3) is 0 Å². The van der Waals surface area contributed by atoms with Crippen LogP contribution in [0.5, 0.6) is 11.5 Å². The predicted molar refractivity (Wildman–Crippen MR) is 196 cm³/mol. The summed E-state index contributed by atoms with van der Waals surface area (Å²) in [6.07, 6.45) is 0.728.